The lowest BCUT2D eigenvalue weighted by Gasteiger charge is -2.01. The molecule has 0 amide bonds. The fraction of sp³-hybridized carbons (Fsp3) is 0.444. The van der Waals surface area contributed by atoms with E-state index in [4.69, 9.17) is 4.74 Å². The van der Waals surface area contributed by atoms with E-state index < -0.39 is 12.2 Å². The van der Waals surface area contributed by atoms with Crippen LogP contribution in [0.25, 0.3) is 5.65 Å². The second kappa shape index (κ2) is 5.37. The summed E-state index contributed by atoms with van der Waals surface area (Å²) in [5, 5.41) is 11.7. The summed E-state index contributed by atoms with van der Waals surface area (Å²) in [6, 6.07) is 3.33. The van der Waals surface area contributed by atoms with Crippen LogP contribution in [-0.2, 0) is 4.74 Å². The molecule has 0 atom stereocenters. The third kappa shape index (κ3) is 2.70. The second-order valence-electron chi connectivity index (χ2n) is 3.14. The van der Waals surface area contributed by atoms with Crippen molar-refractivity contribution in [1.82, 2.24) is 19.8 Å². The zero-order valence-corrected chi connectivity index (χ0v) is 9.82. The molecular weight excluding hydrogens is 250 g/mol. The molecule has 0 radical (unpaired) electrons. The van der Waals surface area contributed by atoms with Crippen molar-refractivity contribution in [3.8, 4) is 0 Å². The summed E-state index contributed by atoms with van der Waals surface area (Å²) in [5.74, 6) is 0.274. The molecule has 5 nitrogen and oxygen atoms in total. The summed E-state index contributed by atoms with van der Waals surface area (Å²) in [5.41, 5.74) is 0.316. The molecule has 0 aromatic carbocycles. The van der Waals surface area contributed by atoms with Crippen LogP contribution in [0.5, 0.6) is 0 Å². The van der Waals surface area contributed by atoms with E-state index in [1.807, 2.05) is 0 Å². The van der Waals surface area contributed by atoms with Crippen LogP contribution >= 0.6 is 11.8 Å². The number of halogens is 2. The first-order valence-electron chi connectivity index (χ1n) is 4.84. The number of methoxy groups -OCH3 is 1. The largest absolute Gasteiger partial charge is 0.384 e. The van der Waals surface area contributed by atoms with Crippen LogP contribution in [0.15, 0.2) is 17.2 Å². The number of aromatic nitrogens is 4. The van der Waals surface area contributed by atoms with Crippen LogP contribution in [-0.4, -0.2) is 39.3 Å². The number of ether oxygens (including phenoxy) is 1. The molecule has 2 heterocycles. The predicted octanol–water partition coefficient (Wildman–Crippen LogP) is 1.80. The van der Waals surface area contributed by atoms with Crippen molar-refractivity contribution in [2.45, 2.75) is 11.5 Å². The molecule has 2 rings (SSSR count). The van der Waals surface area contributed by atoms with E-state index in [1.54, 1.807) is 19.2 Å². The molecule has 2 aromatic rings. The van der Waals surface area contributed by atoms with Gasteiger partial charge in [0.15, 0.2) is 5.65 Å². The molecule has 0 bridgehead atoms. The highest BCUT2D eigenvalue weighted by Gasteiger charge is 2.16. The van der Waals surface area contributed by atoms with Gasteiger partial charge in [-0.25, -0.2) is 8.78 Å². The average molecular weight is 260 g/mol. The predicted molar refractivity (Wildman–Crippen MR) is 58.3 cm³/mol. The van der Waals surface area contributed by atoms with E-state index in [0.717, 1.165) is 4.52 Å². The number of thioether (sulfide) groups is 1. The van der Waals surface area contributed by atoms with Gasteiger partial charge in [-0.05, 0) is 12.1 Å². The molecule has 0 spiro atoms. The first kappa shape index (κ1) is 12.2. The Morgan fingerprint density at radius 1 is 1.41 bits per heavy atom. The summed E-state index contributed by atoms with van der Waals surface area (Å²) in [4.78, 5) is 0. The van der Waals surface area contributed by atoms with Crippen molar-refractivity contribution in [1.29, 1.82) is 0 Å². The van der Waals surface area contributed by atoms with Gasteiger partial charge < -0.3 is 4.74 Å². The first-order chi connectivity index (χ1) is 8.22. The summed E-state index contributed by atoms with van der Waals surface area (Å²) < 4.78 is 31.1. The molecule has 0 saturated heterocycles. The Morgan fingerprint density at radius 3 is 2.94 bits per heavy atom. The maximum atomic E-state index is 12.6. The van der Waals surface area contributed by atoms with Gasteiger partial charge in [0.05, 0.1) is 6.61 Å². The Hall–Kier alpha value is -1.28. The Morgan fingerprint density at radius 2 is 2.24 bits per heavy atom. The fourth-order valence-corrected chi connectivity index (χ4v) is 1.99. The van der Waals surface area contributed by atoms with Gasteiger partial charge in [0, 0.05) is 12.9 Å². The van der Waals surface area contributed by atoms with Gasteiger partial charge in [-0.15, -0.1) is 22.0 Å². The lowest BCUT2D eigenvalue weighted by atomic mass is 10.5. The normalized spacial score (nSPS) is 11.5. The molecule has 0 unspecified atom stereocenters. The van der Waals surface area contributed by atoms with Crippen LogP contribution in [0.4, 0.5) is 8.78 Å². The van der Waals surface area contributed by atoms with Crippen molar-refractivity contribution in [2.24, 2.45) is 0 Å². The second-order valence-corrected chi connectivity index (χ2v) is 4.26. The third-order valence-electron chi connectivity index (χ3n) is 2.00. The lowest BCUT2D eigenvalue weighted by molar-refractivity contribution is 0.137. The summed E-state index contributed by atoms with van der Waals surface area (Å²) >= 11 is 1.43. The van der Waals surface area contributed by atoms with Gasteiger partial charge in [-0.2, -0.15) is 9.61 Å². The molecular formula is C9H10F2N4OS. The number of fused-ring (bicyclic) bond motifs is 1. The molecule has 8 heteroatoms. The quantitative estimate of drug-likeness (QED) is 0.606. The molecule has 92 valence electrons. The molecule has 0 saturated carbocycles. The number of nitrogens with zero attached hydrogens (tertiary/aromatic N) is 4. The molecule has 0 aliphatic rings. The van der Waals surface area contributed by atoms with Gasteiger partial charge in [0.2, 0.25) is 5.82 Å². The average Bonchev–Trinajstić information content (AvgIpc) is 2.72. The van der Waals surface area contributed by atoms with Crippen LogP contribution in [0.3, 0.4) is 0 Å². The monoisotopic (exact) mass is 260 g/mol. The molecule has 0 N–H and O–H groups in total. The minimum atomic E-state index is -2.68. The van der Waals surface area contributed by atoms with Crippen molar-refractivity contribution in [3.63, 3.8) is 0 Å². The van der Waals surface area contributed by atoms with E-state index in [0.29, 0.717) is 23.0 Å². The Kier molecular flexibility index (Phi) is 3.85. The van der Waals surface area contributed by atoms with Gasteiger partial charge in [0.1, 0.15) is 5.03 Å². The molecule has 0 fully saturated rings. The summed E-state index contributed by atoms with van der Waals surface area (Å²) in [6.07, 6.45) is -2.68. The smallest absolute Gasteiger partial charge is 0.299 e. The third-order valence-corrected chi connectivity index (χ3v) is 2.88. The van der Waals surface area contributed by atoms with Crippen molar-refractivity contribution in [3.05, 3.63) is 18.0 Å². The molecule has 17 heavy (non-hydrogen) atoms. The standard InChI is InChI=1S/C9H10F2N4OS/c1-16-4-5-17-7-3-2-6-12-13-9(8(10)11)15(6)14-7/h2-3,8H,4-5H2,1H3. The summed E-state index contributed by atoms with van der Waals surface area (Å²) in [7, 11) is 1.60. The van der Waals surface area contributed by atoms with Gasteiger partial charge >= 0.3 is 0 Å². The number of alkyl halides is 2. The fourth-order valence-electron chi connectivity index (χ4n) is 1.23. The van der Waals surface area contributed by atoms with Crippen LogP contribution < -0.4 is 0 Å². The van der Waals surface area contributed by atoms with Crippen molar-refractivity contribution in [2.75, 3.05) is 19.5 Å². The zero-order valence-electron chi connectivity index (χ0n) is 9.01. The highest BCUT2D eigenvalue weighted by molar-refractivity contribution is 7.99. The maximum Gasteiger partial charge on any atom is 0.299 e. The highest BCUT2D eigenvalue weighted by atomic mass is 32.2. The molecule has 0 aliphatic carbocycles. The van der Waals surface area contributed by atoms with E-state index in [9.17, 15) is 8.78 Å². The zero-order chi connectivity index (χ0) is 12.3. The van der Waals surface area contributed by atoms with Crippen molar-refractivity contribution >= 4 is 17.4 Å². The number of hydrogen-bond acceptors (Lipinski definition) is 5. The van der Waals surface area contributed by atoms with E-state index in [1.165, 1.54) is 11.8 Å². The SMILES string of the molecule is COCCSc1ccc2nnc(C(F)F)n2n1. The highest BCUT2D eigenvalue weighted by Crippen LogP contribution is 2.19. The van der Waals surface area contributed by atoms with E-state index in [2.05, 4.69) is 15.3 Å². The summed E-state index contributed by atoms with van der Waals surface area (Å²) in [6.45, 7) is 0.578. The Bertz CT molecular complexity index is 505. The minimum Gasteiger partial charge on any atom is -0.384 e. The van der Waals surface area contributed by atoms with E-state index in [-0.39, 0.29) is 0 Å². The minimum absolute atomic E-state index is 0.316. The van der Waals surface area contributed by atoms with E-state index >= 15 is 0 Å². The first-order valence-corrected chi connectivity index (χ1v) is 5.83. The number of hydrogen-bond donors (Lipinski definition) is 0. The Labute approximate surface area is 100 Å². The Balaban J connectivity index is 2.25. The van der Waals surface area contributed by atoms with Crippen molar-refractivity contribution < 1.29 is 13.5 Å². The molecule has 2 aromatic heterocycles. The van der Waals surface area contributed by atoms with Gasteiger partial charge in [-0.3, -0.25) is 0 Å². The van der Waals surface area contributed by atoms with Gasteiger partial charge in [-0.1, -0.05) is 0 Å². The van der Waals surface area contributed by atoms with Crippen LogP contribution in [0.1, 0.15) is 12.2 Å². The van der Waals surface area contributed by atoms with Gasteiger partial charge in [0.25, 0.3) is 6.43 Å². The lowest BCUT2D eigenvalue weighted by Crippen LogP contribution is -2.01. The van der Waals surface area contributed by atoms with Crippen LogP contribution in [0.2, 0.25) is 0 Å². The number of rotatable bonds is 5. The maximum absolute atomic E-state index is 12.6. The molecule has 0 aliphatic heterocycles. The van der Waals surface area contributed by atoms with Crippen LogP contribution in [0, 0.1) is 0 Å². The topological polar surface area (TPSA) is 52.3 Å².